The van der Waals surface area contributed by atoms with Crippen LogP contribution in [-0.2, 0) is 16.1 Å². The molecule has 1 saturated carbocycles. The van der Waals surface area contributed by atoms with Crippen LogP contribution in [0.2, 0.25) is 0 Å². The monoisotopic (exact) mass is 373 g/mol. The third-order valence-corrected chi connectivity index (χ3v) is 5.94. The zero-order chi connectivity index (χ0) is 18.8. The summed E-state index contributed by atoms with van der Waals surface area (Å²) in [5.74, 6) is 1.57. The summed E-state index contributed by atoms with van der Waals surface area (Å²) in [6.45, 7) is 3.41. The molecule has 1 N–H and O–H groups in total. The van der Waals surface area contributed by atoms with Gasteiger partial charge in [-0.1, -0.05) is 0 Å². The Labute approximate surface area is 158 Å². The number of morpholine rings is 1. The number of ether oxygens (including phenoxy) is 2. The number of carbonyl (C=O) groups is 1. The lowest BCUT2D eigenvalue weighted by atomic mass is 9.81. The quantitative estimate of drug-likeness (QED) is 0.889. The van der Waals surface area contributed by atoms with E-state index in [1.54, 1.807) is 7.11 Å². The summed E-state index contributed by atoms with van der Waals surface area (Å²) in [7, 11) is 1.63. The molecule has 0 radical (unpaired) electrons. The highest BCUT2D eigenvalue weighted by Crippen LogP contribution is 2.32. The topological polar surface area (TPSA) is 76.6 Å². The first kappa shape index (κ1) is 18.1. The summed E-state index contributed by atoms with van der Waals surface area (Å²) in [5, 5.41) is 0. The Morgan fingerprint density at radius 3 is 2.67 bits per heavy atom. The predicted molar refractivity (Wildman–Crippen MR) is 102 cm³/mol. The lowest BCUT2D eigenvalue weighted by Gasteiger charge is -2.34. The molecule has 1 aliphatic carbocycles. The third-order valence-electron chi connectivity index (χ3n) is 5.94. The van der Waals surface area contributed by atoms with Gasteiger partial charge < -0.3 is 19.4 Å². The van der Waals surface area contributed by atoms with Gasteiger partial charge in [0.05, 0.1) is 31.4 Å². The van der Waals surface area contributed by atoms with Gasteiger partial charge in [-0.2, -0.15) is 0 Å². The average Bonchev–Trinajstić information content (AvgIpc) is 3.03. The van der Waals surface area contributed by atoms with E-state index in [0.717, 1.165) is 42.5 Å². The van der Waals surface area contributed by atoms with Gasteiger partial charge in [-0.25, -0.2) is 4.79 Å². The lowest BCUT2D eigenvalue weighted by Crippen LogP contribution is -2.44. The molecule has 0 spiro atoms. The van der Waals surface area contributed by atoms with E-state index >= 15 is 0 Å². The Balaban J connectivity index is 1.41. The SMILES string of the molecule is COc1ccc2[nH]c(=O)n(C[C@H]3CC[C@H](C(=O)N4CCOCC4)CC3)c2c1. The fraction of sp³-hybridized carbons (Fsp3) is 0.600. The van der Waals surface area contributed by atoms with Crippen molar-refractivity contribution in [2.45, 2.75) is 32.2 Å². The summed E-state index contributed by atoms with van der Waals surface area (Å²) in [4.78, 5) is 29.9. The second-order valence-corrected chi connectivity index (χ2v) is 7.58. The van der Waals surface area contributed by atoms with Crippen LogP contribution in [0.4, 0.5) is 0 Å². The number of aromatic nitrogens is 2. The highest BCUT2D eigenvalue weighted by Gasteiger charge is 2.30. The highest BCUT2D eigenvalue weighted by atomic mass is 16.5. The largest absolute Gasteiger partial charge is 0.497 e. The number of nitrogens with zero attached hydrogens (tertiary/aromatic N) is 2. The molecule has 1 aliphatic heterocycles. The molecule has 2 aromatic rings. The number of imidazole rings is 1. The Morgan fingerprint density at radius 2 is 1.96 bits per heavy atom. The minimum atomic E-state index is -0.0789. The molecular formula is C20H27N3O4. The van der Waals surface area contributed by atoms with Crippen molar-refractivity contribution in [3.8, 4) is 5.75 Å². The van der Waals surface area contributed by atoms with Crippen LogP contribution in [0.25, 0.3) is 11.0 Å². The van der Waals surface area contributed by atoms with Crippen molar-refractivity contribution in [2.24, 2.45) is 11.8 Å². The van der Waals surface area contributed by atoms with E-state index in [4.69, 9.17) is 9.47 Å². The summed E-state index contributed by atoms with van der Waals surface area (Å²) in [6.07, 6.45) is 3.76. The molecule has 7 heteroatoms. The van der Waals surface area contributed by atoms with Crippen LogP contribution in [0.15, 0.2) is 23.0 Å². The van der Waals surface area contributed by atoms with E-state index in [1.807, 2.05) is 27.7 Å². The minimum absolute atomic E-state index is 0.0789. The molecular weight excluding hydrogens is 346 g/mol. The fourth-order valence-corrected chi connectivity index (χ4v) is 4.33. The van der Waals surface area contributed by atoms with Crippen molar-refractivity contribution in [1.82, 2.24) is 14.5 Å². The zero-order valence-electron chi connectivity index (χ0n) is 15.8. The summed E-state index contributed by atoms with van der Waals surface area (Å²) in [6, 6.07) is 5.63. The molecule has 27 heavy (non-hydrogen) atoms. The van der Waals surface area contributed by atoms with Crippen molar-refractivity contribution in [2.75, 3.05) is 33.4 Å². The Morgan fingerprint density at radius 1 is 1.22 bits per heavy atom. The summed E-state index contributed by atoms with van der Waals surface area (Å²) >= 11 is 0. The Hall–Kier alpha value is -2.28. The Kier molecular flexibility index (Phi) is 5.20. The number of methoxy groups -OCH3 is 1. The number of hydrogen-bond donors (Lipinski definition) is 1. The van der Waals surface area contributed by atoms with E-state index in [9.17, 15) is 9.59 Å². The maximum atomic E-state index is 12.7. The van der Waals surface area contributed by atoms with Crippen molar-refractivity contribution in [1.29, 1.82) is 0 Å². The first-order valence-corrected chi connectivity index (χ1v) is 9.79. The van der Waals surface area contributed by atoms with Gasteiger partial charge in [0.1, 0.15) is 5.75 Å². The van der Waals surface area contributed by atoms with Crippen molar-refractivity contribution in [3.63, 3.8) is 0 Å². The smallest absolute Gasteiger partial charge is 0.326 e. The second kappa shape index (κ2) is 7.76. The van der Waals surface area contributed by atoms with Crippen molar-refractivity contribution in [3.05, 3.63) is 28.7 Å². The van der Waals surface area contributed by atoms with Crippen LogP contribution >= 0.6 is 0 Å². The zero-order valence-corrected chi connectivity index (χ0v) is 15.8. The number of hydrogen-bond acceptors (Lipinski definition) is 4. The van der Waals surface area contributed by atoms with Gasteiger partial charge in [-0.3, -0.25) is 9.36 Å². The molecule has 1 amide bonds. The van der Waals surface area contributed by atoms with Gasteiger partial charge in [-0.15, -0.1) is 0 Å². The number of benzene rings is 1. The standard InChI is InChI=1S/C20H27N3O4/c1-26-16-6-7-17-18(12-16)23(20(25)21-17)13-14-2-4-15(5-3-14)19(24)22-8-10-27-11-9-22/h6-7,12,14-15H,2-5,8-11,13H2,1H3,(H,21,25)/t14-,15-. The van der Waals surface area contributed by atoms with Gasteiger partial charge >= 0.3 is 5.69 Å². The molecule has 0 bridgehead atoms. The van der Waals surface area contributed by atoms with E-state index in [-0.39, 0.29) is 17.5 Å². The molecule has 2 fully saturated rings. The van der Waals surface area contributed by atoms with Crippen LogP contribution in [0, 0.1) is 11.8 Å². The maximum Gasteiger partial charge on any atom is 0.326 e. The molecule has 1 aromatic heterocycles. The van der Waals surface area contributed by atoms with E-state index in [1.165, 1.54) is 0 Å². The molecule has 1 saturated heterocycles. The summed E-state index contributed by atoms with van der Waals surface area (Å²) in [5.41, 5.74) is 1.63. The first-order chi connectivity index (χ1) is 13.2. The number of nitrogens with one attached hydrogen (secondary N) is 1. The van der Waals surface area contributed by atoms with Crippen molar-refractivity contribution < 1.29 is 14.3 Å². The number of rotatable bonds is 4. The van der Waals surface area contributed by atoms with Crippen LogP contribution in [-0.4, -0.2) is 53.8 Å². The van der Waals surface area contributed by atoms with Gasteiger partial charge in [0, 0.05) is 31.6 Å². The van der Waals surface area contributed by atoms with Gasteiger partial charge in [-0.05, 0) is 43.7 Å². The average molecular weight is 373 g/mol. The Bertz CT molecular complexity index is 858. The molecule has 1 aromatic carbocycles. The number of amides is 1. The highest BCUT2D eigenvalue weighted by molar-refractivity contribution is 5.79. The van der Waals surface area contributed by atoms with Crippen LogP contribution in [0.5, 0.6) is 5.75 Å². The van der Waals surface area contributed by atoms with Crippen LogP contribution < -0.4 is 10.4 Å². The van der Waals surface area contributed by atoms with E-state index in [2.05, 4.69) is 4.98 Å². The predicted octanol–water partition coefficient (Wildman–Crippen LogP) is 2.00. The fourth-order valence-electron chi connectivity index (χ4n) is 4.33. The molecule has 4 rings (SSSR count). The molecule has 146 valence electrons. The number of fused-ring (bicyclic) bond motifs is 1. The van der Waals surface area contributed by atoms with E-state index in [0.29, 0.717) is 38.8 Å². The molecule has 7 nitrogen and oxygen atoms in total. The van der Waals surface area contributed by atoms with E-state index < -0.39 is 0 Å². The second-order valence-electron chi connectivity index (χ2n) is 7.58. The number of aromatic amines is 1. The molecule has 0 unspecified atom stereocenters. The van der Waals surface area contributed by atoms with Gasteiger partial charge in [0.15, 0.2) is 0 Å². The van der Waals surface area contributed by atoms with Gasteiger partial charge in [0.2, 0.25) is 5.91 Å². The number of H-pyrrole nitrogens is 1. The van der Waals surface area contributed by atoms with Crippen LogP contribution in [0.1, 0.15) is 25.7 Å². The lowest BCUT2D eigenvalue weighted by molar-refractivity contribution is -0.141. The maximum absolute atomic E-state index is 12.7. The molecule has 2 heterocycles. The normalized spacial score (nSPS) is 23.5. The van der Waals surface area contributed by atoms with Gasteiger partial charge in [0.25, 0.3) is 0 Å². The number of carbonyl (C=O) groups excluding carboxylic acids is 1. The van der Waals surface area contributed by atoms with Crippen LogP contribution in [0.3, 0.4) is 0 Å². The summed E-state index contributed by atoms with van der Waals surface area (Å²) < 4.78 is 12.4. The molecule has 0 atom stereocenters. The third kappa shape index (κ3) is 3.74. The minimum Gasteiger partial charge on any atom is -0.497 e. The van der Waals surface area contributed by atoms with Crippen molar-refractivity contribution >= 4 is 16.9 Å². The first-order valence-electron chi connectivity index (χ1n) is 9.79. The molecule has 2 aliphatic rings.